The van der Waals surface area contributed by atoms with Crippen LogP contribution in [0.4, 0.5) is 5.69 Å². The second-order valence-corrected chi connectivity index (χ2v) is 5.04. The summed E-state index contributed by atoms with van der Waals surface area (Å²) < 4.78 is 25.4. The molecule has 16 heavy (non-hydrogen) atoms. The number of hydrogen-bond donors (Lipinski definition) is 1. The highest BCUT2D eigenvalue weighted by atomic mass is 35.5. The van der Waals surface area contributed by atoms with Crippen LogP contribution < -0.4 is 4.72 Å². The minimum absolute atomic E-state index is 0.113. The van der Waals surface area contributed by atoms with E-state index in [2.05, 4.69) is 4.72 Å². The smallest absolute Gasteiger partial charge is 0.258 e. The zero-order chi connectivity index (χ0) is 12.3. The van der Waals surface area contributed by atoms with E-state index in [4.69, 9.17) is 11.6 Å². The molecule has 0 aliphatic carbocycles. The van der Waals surface area contributed by atoms with Crippen molar-refractivity contribution in [2.75, 3.05) is 6.54 Å². The quantitative estimate of drug-likeness (QED) is 0.660. The minimum Gasteiger partial charge on any atom is -0.258 e. The van der Waals surface area contributed by atoms with Crippen molar-refractivity contribution in [3.8, 4) is 0 Å². The van der Waals surface area contributed by atoms with Gasteiger partial charge in [0.2, 0.25) is 10.0 Å². The molecule has 0 saturated heterocycles. The Morgan fingerprint density at radius 2 is 2.12 bits per heavy atom. The predicted octanol–water partition coefficient (Wildman–Crippen LogP) is 1.55. The lowest BCUT2D eigenvalue weighted by molar-refractivity contribution is -0.387. The molecule has 0 aromatic heterocycles. The van der Waals surface area contributed by atoms with Crippen LogP contribution in [-0.2, 0) is 10.0 Å². The lowest BCUT2D eigenvalue weighted by Gasteiger charge is -2.05. The first kappa shape index (κ1) is 12.9. The van der Waals surface area contributed by atoms with Gasteiger partial charge in [0.05, 0.1) is 4.92 Å². The molecule has 0 bridgehead atoms. The summed E-state index contributed by atoms with van der Waals surface area (Å²) in [5, 5.41) is 10.8. The fourth-order valence-corrected chi connectivity index (χ4v) is 2.49. The number of nitrogens with zero attached hydrogens (tertiary/aromatic N) is 1. The van der Waals surface area contributed by atoms with E-state index >= 15 is 0 Å². The standard InChI is InChI=1S/C8H9ClN2O4S/c1-2-10-16(14,15)8-4-3-6(9)5-7(8)11(12)13/h3-5,10H,2H2,1H3. The highest BCUT2D eigenvalue weighted by Gasteiger charge is 2.25. The van der Waals surface area contributed by atoms with Crippen molar-refractivity contribution in [3.63, 3.8) is 0 Å². The Balaban J connectivity index is 3.39. The van der Waals surface area contributed by atoms with Crippen LogP contribution >= 0.6 is 11.6 Å². The fourth-order valence-electron chi connectivity index (χ4n) is 1.13. The zero-order valence-electron chi connectivity index (χ0n) is 8.31. The lowest BCUT2D eigenvalue weighted by atomic mass is 10.3. The Kier molecular flexibility index (Phi) is 3.84. The van der Waals surface area contributed by atoms with E-state index in [1.807, 2.05) is 0 Å². The number of hydrogen-bond acceptors (Lipinski definition) is 4. The third-order valence-corrected chi connectivity index (χ3v) is 3.57. The Morgan fingerprint density at radius 1 is 1.50 bits per heavy atom. The third-order valence-electron chi connectivity index (χ3n) is 1.74. The molecule has 0 radical (unpaired) electrons. The molecule has 1 N–H and O–H groups in total. The number of nitro groups is 1. The van der Waals surface area contributed by atoms with Gasteiger partial charge in [-0.15, -0.1) is 0 Å². The third kappa shape index (κ3) is 2.69. The van der Waals surface area contributed by atoms with E-state index in [0.29, 0.717) is 0 Å². The van der Waals surface area contributed by atoms with Crippen molar-refractivity contribution in [2.45, 2.75) is 11.8 Å². The van der Waals surface area contributed by atoms with Crippen molar-refractivity contribution in [1.29, 1.82) is 0 Å². The van der Waals surface area contributed by atoms with Crippen LogP contribution in [0.3, 0.4) is 0 Å². The molecule has 0 amide bonds. The molecule has 0 aliphatic heterocycles. The van der Waals surface area contributed by atoms with Crippen molar-refractivity contribution in [2.24, 2.45) is 0 Å². The second kappa shape index (κ2) is 4.77. The number of halogens is 1. The molecule has 88 valence electrons. The molecular formula is C8H9ClN2O4S. The van der Waals surface area contributed by atoms with Gasteiger partial charge < -0.3 is 0 Å². The second-order valence-electron chi connectivity index (χ2n) is 2.87. The van der Waals surface area contributed by atoms with Gasteiger partial charge in [-0.2, -0.15) is 0 Å². The number of rotatable bonds is 4. The molecular weight excluding hydrogens is 256 g/mol. The van der Waals surface area contributed by atoms with Crippen LogP contribution in [0.15, 0.2) is 23.1 Å². The van der Waals surface area contributed by atoms with Crippen molar-refractivity contribution in [1.82, 2.24) is 4.72 Å². The van der Waals surface area contributed by atoms with Gasteiger partial charge in [-0.3, -0.25) is 10.1 Å². The maximum atomic E-state index is 11.6. The lowest BCUT2D eigenvalue weighted by Crippen LogP contribution is -2.23. The summed E-state index contributed by atoms with van der Waals surface area (Å²) in [4.78, 5) is 9.51. The molecule has 6 nitrogen and oxygen atoms in total. The Bertz CT molecular complexity index is 515. The predicted molar refractivity (Wildman–Crippen MR) is 59.0 cm³/mol. The van der Waals surface area contributed by atoms with Gasteiger partial charge in [0.15, 0.2) is 4.90 Å². The number of sulfonamides is 1. The van der Waals surface area contributed by atoms with Crippen LogP contribution in [0.2, 0.25) is 5.02 Å². The first-order valence-corrected chi connectivity index (χ1v) is 6.18. The Labute approximate surface area is 97.4 Å². The maximum absolute atomic E-state index is 11.6. The molecule has 0 fully saturated rings. The average Bonchev–Trinajstić information content (AvgIpc) is 2.16. The Morgan fingerprint density at radius 3 is 2.62 bits per heavy atom. The fraction of sp³-hybridized carbons (Fsp3) is 0.250. The Hall–Kier alpha value is -1.18. The topological polar surface area (TPSA) is 89.3 Å². The molecule has 0 unspecified atom stereocenters. The molecule has 0 spiro atoms. The van der Waals surface area contributed by atoms with Crippen LogP contribution in [-0.4, -0.2) is 19.9 Å². The summed E-state index contributed by atoms with van der Waals surface area (Å²) in [5.74, 6) is 0. The molecule has 1 aromatic carbocycles. The SMILES string of the molecule is CCNS(=O)(=O)c1ccc(Cl)cc1[N+](=O)[O-]. The van der Waals surface area contributed by atoms with Gasteiger partial charge in [0, 0.05) is 17.6 Å². The number of nitrogens with one attached hydrogen (secondary N) is 1. The van der Waals surface area contributed by atoms with Crippen LogP contribution in [0.5, 0.6) is 0 Å². The summed E-state index contributed by atoms with van der Waals surface area (Å²) in [7, 11) is -3.85. The van der Waals surface area contributed by atoms with E-state index < -0.39 is 20.6 Å². The van der Waals surface area contributed by atoms with Crippen LogP contribution in [0.25, 0.3) is 0 Å². The van der Waals surface area contributed by atoms with Crippen molar-refractivity contribution in [3.05, 3.63) is 33.3 Å². The first-order valence-electron chi connectivity index (χ1n) is 4.32. The monoisotopic (exact) mass is 264 g/mol. The maximum Gasteiger partial charge on any atom is 0.290 e. The van der Waals surface area contributed by atoms with Crippen LogP contribution in [0.1, 0.15) is 6.92 Å². The molecule has 8 heteroatoms. The molecule has 0 aliphatic rings. The molecule has 1 rings (SSSR count). The zero-order valence-corrected chi connectivity index (χ0v) is 9.88. The van der Waals surface area contributed by atoms with Gasteiger partial charge >= 0.3 is 0 Å². The van der Waals surface area contributed by atoms with Gasteiger partial charge in [-0.25, -0.2) is 13.1 Å². The number of benzene rings is 1. The van der Waals surface area contributed by atoms with Crippen molar-refractivity contribution < 1.29 is 13.3 Å². The average molecular weight is 265 g/mol. The highest BCUT2D eigenvalue weighted by molar-refractivity contribution is 7.89. The number of nitro benzene ring substituents is 1. The van der Waals surface area contributed by atoms with E-state index in [9.17, 15) is 18.5 Å². The van der Waals surface area contributed by atoms with Gasteiger partial charge in [-0.05, 0) is 12.1 Å². The molecule has 0 heterocycles. The van der Waals surface area contributed by atoms with Crippen molar-refractivity contribution >= 4 is 27.3 Å². The summed E-state index contributed by atoms with van der Waals surface area (Å²) >= 11 is 5.57. The molecule has 1 aromatic rings. The minimum atomic E-state index is -3.85. The van der Waals surface area contributed by atoms with E-state index in [1.165, 1.54) is 6.07 Å². The largest absolute Gasteiger partial charge is 0.290 e. The summed E-state index contributed by atoms with van der Waals surface area (Å²) in [5.41, 5.74) is -0.534. The summed E-state index contributed by atoms with van der Waals surface area (Å²) in [6.07, 6.45) is 0. The van der Waals surface area contributed by atoms with Gasteiger partial charge in [0.25, 0.3) is 5.69 Å². The molecule has 0 atom stereocenters. The first-order chi connectivity index (χ1) is 7.38. The molecule has 0 saturated carbocycles. The summed E-state index contributed by atoms with van der Waals surface area (Å²) in [6, 6.07) is 3.41. The normalized spacial score (nSPS) is 11.4. The van der Waals surface area contributed by atoms with E-state index in [-0.39, 0.29) is 16.5 Å². The van der Waals surface area contributed by atoms with Crippen LogP contribution in [0, 0.1) is 10.1 Å². The highest BCUT2D eigenvalue weighted by Crippen LogP contribution is 2.26. The summed E-state index contributed by atoms with van der Waals surface area (Å²) in [6.45, 7) is 1.74. The van der Waals surface area contributed by atoms with Gasteiger partial charge in [-0.1, -0.05) is 18.5 Å². The van der Waals surface area contributed by atoms with E-state index in [1.54, 1.807) is 6.92 Å². The van der Waals surface area contributed by atoms with E-state index in [0.717, 1.165) is 12.1 Å². The van der Waals surface area contributed by atoms with Gasteiger partial charge in [0.1, 0.15) is 0 Å².